The molecule has 2 aromatic carbocycles. The maximum atomic E-state index is 12.9. The van der Waals surface area contributed by atoms with Gasteiger partial charge in [-0.15, -0.1) is 11.3 Å². The van der Waals surface area contributed by atoms with Crippen molar-refractivity contribution in [3.05, 3.63) is 59.4 Å². The lowest BCUT2D eigenvalue weighted by Gasteiger charge is -2.17. The minimum Gasteiger partial charge on any atom is -0.383 e. The molecule has 3 heterocycles. The number of halogens is 1. The number of aromatic nitrogens is 2. The first-order chi connectivity index (χ1) is 15.3. The fraction of sp³-hybridized carbons (Fsp3) is 0.190. The van der Waals surface area contributed by atoms with Gasteiger partial charge in [-0.05, 0) is 53.8 Å². The Kier molecular flexibility index (Phi) is 5.25. The Morgan fingerprint density at radius 3 is 2.88 bits per heavy atom. The topological polar surface area (TPSA) is 118 Å². The van der Waals surface area contributed by atoms with Crippen LogP contribution in [-0.2, 0) is 21.4 Å². The molecule has 0 spiro atoms. The Hall–Kier alpha value is -2.79. The lowest BCUT2D eigenvalue weighted by atomic mass is 10.1. The number of nitrogens with zero attached hydrogens (tertiary/aromatic N) is 3. The van der Waals surface area contributed by atoms with Crippen LogP contribution in [0.15, 0.2) is 53.0 Å². The molecule has 1 aliphatic heterocycles. The van der Waals surface area contributed by atoms with Gasteiger partial charge in [-0.3, -0.25) is 4.79 Å². The number of rotatable bonds is 5. The molecule has 0 saturated carbocycles. The van der Waals surface area contributed by atoms with E-state index in [2.05, 4.69) is 14.7 Å². The van der Waals surface area contributed by atoms with Crippen molar-refractivity contribution >= 4 is 65.7 Å². The molecule has 0 unspecified atom stereocenters. The van der Waals surface area contributed by atoms with E-state index in [9.17, 15) is 13.2 Å². The van der Waals surface area contributed by atoms with E-state index in [4.69, 9.17) is 17.3 Å². The molecule has 11 heteroatoms. The Bertz CT molecular complexity index is 1470. The quantitative estimate of drug-likeness (QED) is 0.446. The van der Waals surface area contributed by atoms with Gasteiger partial charge in [0.2, 0.25) is 5.91 Å². The van der Waals surface area contributed by atoms with Crippen molar-refractivity contribution in [2.75, 3.05) is 12.3 Å². The number of nitrogens with two attached hydrogens (primary N) is 1. The molecule has 1 aliphatic rings. The average Bonchev–Trinajstić information content (AvgIpc) is 3.33. The predicted molar refractivity (Wildman–Crippen MR) is 125 cm³/mol. The second-order valence-electron chi connectivity index (χ2n) is 7.58. The molecule has 0 radical (unpaired) electrons. The zero-order valence-electron chi connectivity index (χ0n) is 16.7. The first-order valence-corrected chi connectivity index (χ1v) is 12.5. The van der Waals surface area contributed by atoms with Gasteiger partial charge < -0.3 is 10.6 Å². The number of hydrogen-bond acceptors (Lipinski definition) is 7. The third kappa shape index (κ3) is 3.90. The van der Waals surface area contributed by atoms with Crippen LogP contribution in [0.1, 0.15) is 12.0 Å². The van der Waals surface area contributed by atoms with Gasteiger partial charge in [0.05, 0.1) is 5.52 Å². The van der Waals surface area contributed by atoms with Crippen molar-refractivity contribution in [2.45, 2.75) is 23.2 Å². The number of fused-ring (bicyclic) bond motifs is 2. The van der Waals surface area contributed by atoms with Gasteiger partial charge in [0.15, 0.2) is 0 Å². The maximum Gasteiger partial charge on any atom is 0.250 e. The van der Waals surface area contributed by atoms with E-state index in [0.29, 0.717) is 35.9 Å². The van der Waals surface area contributed by atoms with E-state index in [1.807, 2.05) is 18.2 Å². The summed E-state index contributed by atoms with van der Waals surface area (Å²) in [6.45, 7) is 0.816. The summed E-state index contributed by atoms with van der Waals surface area (Å²) in [4.78, 5) is 22.7. The van der Waals surface area contributed by atoms with Crippen LogP contribution in [0.25, 0.3) is 21.0 Å². The number of thiophene rings is 1. The van der Waals surface area contributed by atoms with E-state index in [1.165, 1.54) is 6.33 Å². The summed E-state index contributed by atoms with van der Waals surface area (Å²) in [5.74, 6) is 0.150. The zero-order valence-corrected chi connectivity index (χ0v) is 19.0. The Morgan fingerprint density at radius 2 is 2.03 bits per heavy atom. The minimum absolute atomic E-state index is 0.160. The van der Waals surface area contributed by atoms with Crippen LogP contribution >= 0.6 is 22.9 Å². The number of carbonyl (C=O) groups excluding carboxylic acids is 1. The molecule has 8 nitrogen and oxygen atoms in total. The lowest BCUT2D eigenvalue weighted by Crippen LogP contribution is -2.41. The van der Waals surface area contributed by atoms with E-state index >= 15 is 0 Å². The predicted octanol–water partition coefficient (Wildman–Crippen LogP) is 3.16. The number of likely N-dealkylation sites (tertiary alicyclic amines) is 1. The number of anilines is 1. The molecule has 1 atom stereocenters. The van der Waals surface area contributed by atoms with Gasteiger partial charge in [0.25, 0.3) is 10.0 Å². The van der Waals surface area contributed by atoms with Crippen molar-refractivity contribution in [1.29, 1.82) is 0 Å². The Labute approximate surface area is 193 Å². The summed E-state index contributed by atoms with van der Waals surface area (Å²) >= 11 is 7.14. The highest BCUT2D eigenvalue weighted by atomic mass is 35.5. The van der Waals surface area contributed by atoms with Crippen LogP contribution in [-0.4, -0.2) is 41.8 Å². The van der Waals surface area contributed by atoms with Crippen LogP contribution in [0, 0.1) is 0 Å². The van der Waals surface area contributed by atoms with Crippen LogP contribution in [0.3, 0.4) is 0 Å². The number of nitrogen functional groups attached to an aromatic ring is 1. The molecule has 1 fully saturated rings. The van der Waals surface area contributed by atoms with Crippen LogP contribution in [0.4, 0.5) is 5.82 Å². The summed E-state index contributed by atoms with van der Waals surface area (Å²) in [5.41, 5.74) is 7.44. The van der Waals surface area contributed by atoms with Crippen LogP contribution < -0.4 is 10.5 Å². The average molecular weight is 488 g/mol. The zero-order chi connectivity index (χ0) is 22.5. The van der Waals surface area contributed by atoms with Crippen molar-refractivity contribution < 1.29 is 13.2 Å². The van der Waals surface area contributed by atoms with E-state index in [-0.39, 0.29) is 10.1 Å². The highest BCUT2D eigenvalue weighted by Gasteiger charge is 2.35. The SMILES string of the molecule is Nc1ncnc2cc(CN3CC[C@H](NS(=O)(=O)c4cc5cc(Cl)ccc5s4)C3=O)ccc12. The number of sulfonamides is 1. The number of amides is 1. The Balaban J connectivity index is 1.31. The molecule has 1 saturated heterocycles. The smallest absolute Gasteiger partial charge is 0.250 e. The first kappa shape index (κ1) is 21.1. The standard InChI is InChI=1S/C21H18ClN5O3S2/c22-14-2-4-18-13(8-14)9-19(31-18)32(29,30)26-16-5-6-27(21(16)28)10-12-1-3-15-17(7-12)24-11-25-20(15)23/h1-4,7-9,11,16,26H,5-6,10H2,(H2,23,24,25)/t16-/m0/s1. The summed E-state index contributed by atoms with van der Waals surface area (Å²) in [6, 6.07) is 11.6. The molecule has 4 aromatic rings. The van der Waals surface area contributed by atoms with Gasteiger partial charge >= 0.3 is 0 Å². The highest BCUT2D eigenvalue weighted by Crippen LogP contribution is 2.31. The molecular formula is C21H18ClN5O3S2. The fourth-order valence-corrected chi connectivity index (χ4v) is 6.61. The van der Waals surface area contributed by atoms with E-state index in [1.54, 1.807) is 29.2 Å². The van der Waals surface area contributed by atoms with Crippen molar-refractivity contribution in [3.63, 3.8) is 0 Å². The molecule has 1 amide bonds. The molecule has 0 aliphatic carbocycles. The maximum absolute atomic E-state index is 12.9. The van der Waals surface area contributed by atoms with Crippen LogP contribution in [0.2, 0.25) is 5.02 Å². The molecular weight excluding hydrogens is 470 g/mol. The summed E-state index contributed by atoms with van der Waals surface area (Å²) < 4.78 is 29.3. The van der Waals surface area contributed by atoms with Gasteiger partial charge in [-0.1, -0.05) is 17.7 Å². The largest absolute Gasteiger partial charge is 0.383 e. The highest BCUT2D eigenvalue weighted by molar-refractivity contribution is 7.91. The molecule has 164 valence electrons. The van der Waals surface area contributed by atoms with Gasteiger partial charge in [0, 0.05) is 28.2 Å². The molecule has 32 heavy (non-hydrogen) atoms. The molecule has 0 bridgehead atoms. The van der Waals surface area contributed by atoms with Gasteiger partial charge in [0.1, 0.15) is 22.4 Å². The molecule has 2 aromatic heterocycles. The molecule has 5 rings (SSSR count). The third-order valence-corrected chi connectivity index (χ3v) is 8.72. The van der Waals surface area contributed by atoms with Crippen LogP contribution in [0.5, 0.6) is 0 Å². The normalized spacial score (nSPS) is 17.0. The second-order valence-corrected chi connectivity index (χ2v) is 11.0. The second kappa shape index (κ2) is 7.96. The summed E-state index contributed by atoms with van der Waals surface area (Å²) in [6.07, 6.45) is 1.80. The number of carbonyl (C=O) groups is 1. The summed E-state index contributed by atoms with van der Waals surface area (Å²) in [5, 5.41) is 2.04. The first-order valence-electron chi connectivity index (χ1n) is 9.79. The van der Waals surface area contributed by atoms with E-state index < -0.39 is 16.1 Å². The number of hydrogen-bond donors (Lipinski definition) is 2. The minimum atomic E-state index is -3.83. The monoisotopic (exact) mass is 487 g/mol. The Morgan fingerprint density at radius 1 is 1.19 bits per heavy atom. The third-order valence-electron chi connectivity index (χ3n) is 5.42. The van der Waals surface area contributed by atoms with Crippen molar-refractivity contribution in [2.24, 2.45) is 0 Å². The van der Waals surface area contributed by atoms with Gasteiger partial charge in [-0.25, -0.2) is 18.4 Å². The number of nitrogens with one attached hydrogen (secondary N) is 1. The van der Waals surface area contributed by atoms with Crippen molar-refractivity contribution in [3.8, 4) is 0 Å². The van der Waals surface area contributed by atoms with E-state index in [0.717, 1.165) is 32.4 Å². The summed E-state index contributed by atoms with van der Waals surface area (Å²) in [7, 11) is -3.83. The molecule has 3 N–H and O–H groups in total. The van der Waals surface area contributed by atoms with Crippen molar-refractivity contribution in [1.82, 2.24) is 19.6 Å². The number of benzene rings is 2. The fourth-order valence-electron chi connectivity index (χ4n) is 3.82. The lowest BCUT2D eigenvalue weighted by molar-refractivity contribution is -0.129. The van der Waals surface area contributed by atoms with Gasteiger partial charge in [-0.2, -0.15) is 4.72 Å².